The highest BCUT2D eigenvalue weighted by Crippen LogP contribution is 1.95. The smallest absolute Gasteiger partial charge is 0.419 e. The van der Waals surface area contributed by atoms with Gasteiger partial charge in [0.15, 0.2) is 0 Å². The van der Waals surface area contributed by atoms with E-state index in [4.69, 9.17) is 4.74 Å². The third-order valence-electron chi connectivity index (χ3n) is 1.63. The molecular formula is C9H12N2O2. The summed E-state index contributed by atoms with van der Waals surface area (Å²) in [6, 6.07) is 0. The number of carbonyl (C=O) groups is 1. The number of imidazole rings is 1. The molecule has 1 aromatic rings. The number of ether oxygens (including phenoxy) is 1. The number of aromatic nitrogens is 2. The van der Waals surface area contributed by atoms with Gasteiger partial charge in [-0.25, -0.2) is 14.3 Å². The van der Waals surface area contributed by atoms with Gasteiger partial charge in [-0.3, -0.25) is 0 Å². The summed E-state index contributed by atoms with van der Waals surface area (Å²) in [6.45, 7) is 4.13. The average Bonchev–Trinajstić information content (AvgIpc) is 2.66. The van der Waals surface area contributed by atoms with E-state index in [9.17, 15) is 4.79 Å². The van der Waals surface area contributed by atoms with Crippen LogP contribution in [0.3, 0.4) is 0 Å². The summed E-state index contributed by atoms with van der Waals surface area (Å²) in [5.74, 6) is 0. The van der Waals surface area contributed by atoms with Crippen LogP contribution in [0.2, 0.25) is 0 Å². The molecule has 0 spiro atoms. The van der Waals surface area contributed by atoms with Crippen molar-refractivity contribution in [2.75, 3.05) is 6.61 Å². The van der Waals surface area contributed by atoms with Crippen LogP contribution in [0.25, 0.3) is 0 Å². The zero-order valence-electron chi connectivity index (χ0n) is 7.73. The van der Waals surface area contributed by atoms with Crippen LogP contribution < -0.4 is 0 Å². The number of nitrogens with zero attached hydrogens (tertiary/aromatic N) is 2. The van der Waals surface area contributed by atoms with Crippen LogP contribution in [-0.4, -0.2) is 22.3 Å². The summed E-state index contributed by atoms with van der Waals surface area (Å²) >= 11 is 0. The average molecular weight is 180 g/mol. The van der Waals surface area contributed by atoms with Crippen molar-refractivity contribution in [3.8, 4) is 0 Å². The van der Waals surface area contributed by atoms with E-state index in [0.29, 0.717) is 6.61 Å². The van der Waals surface area contributed by atoms with Crippen molar-refractivity contribution in [3.63, 3.8) is 0 Å². The number of hydrogen-bond donors (Lipinski definition) is 0. The molecule has 4 heteroatoms. The molecule has 0 aromatic carbocycles. The van der Waals surface area contributed by atoms with Gasteiger partial charge in [-0.05, 0) is 19.4 Å². The van der Waals surface area contributed by atoms with Gasteiger partial charge >= 0.3 is 6.09 Å². The van der Waals surface area contributed by atoms with E-state index in [1.165, 1.54) is 17.1 Å². The van der Waals surface area contributed by atoms with Crippen molar-refractivity contribution in [3.05, 3.63) is 30.4 Å². The lowest BCUT2D eigenvalue weighted by molar-refractivity contribution is 0.157. The Morgan fingerprint density at radius 2 is 2.46 bits per heavy atom. The molecule has 1 heterocycles. The molecule has 0 amide bonds. The molecule has 1 rings (SSSR count). The zero-order chi connectivity index (χ0) is 9.68. The summed E-state index contributed by atoms with van der Waals surface area (Å²) < 4.78 is 6.25. The van der Waals surface area contributed by atoms with Gasteiger partial charge in [0.1, 0.15) is 12.9 Å². The van der Waals surface area contributed by atoms with Crippen LogP contribution in [-0.2, 0) is 4.74 Å². The van der Waals surface area contributed by atoms with Crippen molar-refractivity contribution in [2.24, 2.45) is 0 Å². The van der Waals surface area contributed by atoms with Crippen LogP contribution in [0, 0.1) is 0 Å². The van der Waals surface area contributed by atoms with Crippen LogP contribution in [0.5, 0.6) is 0 Å². The minimum Gasteiger partial charge on any atom is -0.444 e. The maximum absolute atomic E-state index is 11.2. The molecular weight excluding hydrogens is 168 g/mol. The van der Waals surface area contributed by atoms with Gasteiger partial charge in [0, 0.05) is 12.4 Å². The Kier molecular flexibility index (Phi) is 3.25. The molecule has 13 heavy (non-hydrogen) atoms. The number of hydrogen-bond acceptors (Lipinski definition) is 3. The topological polar surface area (TPSA) is 44.1 Å². The third kappa shape index (κ3) is 2.74. The lowest BCUT2D eigenvalue weighted by Gasteiger charge is -2.03. The van der Waals surface area contributed by atoms with Gasteiger partial charge in [0.2, 0.25) is 0 Å². The Morgan fingerprint density at radius 1 is 1.69 bits per heavy atom. The van der Waals surface area contributed by atoms with Gasteiger partial charge in [0.25, 0.3) is 0 Å². The van der Waals surface area contributed by atoms with Crippen molar-refractivity contribution in [1.82, 2.24) is 9.55 Å². The summed E-state index contributed by atoms with van der Waals surface area (Å²) in [5, 5.41) is 0. The summed E-state index contributed by atoms with van der Waals surface area (Å²) in [7, 11) is 0. The zero-order valence-corrected chi connectivity index (χ0v) is 7.73. The number of carbonyl (C=O) groups excluding carboxylic acids is 1. The first-order valence-electron chi connectivity index (χ1n) is 4.01. The molecule has 0 saturated carbocycles. The molecule has 0 aliphatic heterocycles. The molecule has 0 aliphatic rings. The maximum atomic E-state index is 11.2. The summed E-state index contributed by atoms with van der Waals surface area (Å²) in [6.07, 6.45) is 5.99. The second-order valence-corrected chi connectivity index (χ2v) is 2.66. The lowest BCUT2D eigenvalue weighted by Crippen LogP contribution is -2.12. The van der Waals surface area contributed by atoms with E-state index < -0.39 is 6.09 Å². The molecule has 0 fully saturated rings. The highest BCUT2D eigenvalue weighted by molar-refractivity contribution is 5.70. The third-order valence-corrected chi connectivity index (χ3v) is 1.63. The second kappa shape index (κ2) is 4.45. The van der Waals surface area contributed by atoms with Crippen molar-refractivity contribution < 1.29 is 9.53 Å². The Bertz CT molecular complexity index is 301. The first-order valence-corrected chi connectivity index (χ1v) is 4.01. The van der Waals surface area contributed by atoms with Crippen LogP contribution in [0.15, 0.2) is 30.4 Å². The van der Waals surface area contributed by atoms with Gasteiger partial charge in [0.05, 0.1) is 0 Å². The quantitative estimate of drug-likeness (QED) is 0.652. The van der Waals surface area contributed by atoms with Gasteiger partial charge in [-0.15, -0.1) is 0 Å². The second-order valence-electron chi connectivity index (χ2n) is 2.66. The van der Waals surface area contributed by atoms with Gasteiger partial charge in [-0.2, -0.15) is 0 Å². The van der Waals surface area contributed by atoms with E-state index >= 15 is 0 Å². The van der Waals surface area contributed by atoms with Crippen molar-refractivity contribution in [1.29, 1.82) is 0 Å². The van der Waals surface area contributed by atoms with Crippen LogP contribution in [0.1, 0.15) is 13.8 Å². The highest BCUT2D eigenvalue weighted by Gasteiger charge is 2.03. The Morgan fingerprint density at radius 3 is 3.00 bits per heavy atom. The molecule has 4 nitrogen and oxygen atoms in total. The number of rotatable bonds is 2. The maximum Gasteiger partial charge on any atom is 0.419 e. The van der Waals surface area contributed by atoms with Gasteiger partial charge in [-0.1, -0.05) is 6.08 Å². The fourth-order valence-electron chi connectivity index (χ4n) is 0.701. The number of allylic oxidation sites excluding steroid dienone is 1. The largest absolute Gasteiger partial charge is 0.444 e. The Hall–Kier alpha value is -1.58. The first kappa shape index (κ1) is 9.51. The van der Waals surface area contributed by atoms with E-state index in [-0.39, 0.29) is 0 Å². The minimum absolute atomic E-state index is 0.327. The van der Waals surface area contributed by atoms with Crippen LogP contribution >= 0.6 is 0 Å². The molecule has 0 saturated heterocycles. The van der Waals surface area contributed by atoms with E-state index in [1.807, 2.05) is 19.9 Å². The predicted molar refractivity (Wildman–Crippen MR) is 48.4 cm³/mol. The van der Waals surface area contributed by atoms with Crippen LogP contribution in [0.4, 0.5) is 4.79 Å². The summed E-state index contributed by atoms with van der Waals surface area (Å²) in [5.41, 5.74) is 1.02. The van der Waals surface area contributed by atoms with E-state index in [0.717, 1.165) is 5.57 Å². The van der Waals surface area contributed by atoms with Gasteiger partial charge < -0.3 is 4.74 Å². The lowest BCUT2D eigenvalue weighted by atomic mass is 10.3. The fourth-order valence-corrected chi connectivity index (χ4v) is 0.701. The van der Waals surface area contributed by atoms with Crippen molar-refractivity contribution in [2.45, 2.75) is 13.8 Å². The SMILES string of the molecule is C/C=C(\C)COC(=O)n1ccnc1. The fraction of sp³-hybridized carbons (Fsp3) is 0.333. The molecule has 0 N–H and O–H groups in total. The minimum atomic E-state index is -0.404. The normalized spacial score (nSPS) is 11.4. The molecule has 0 unspecified atom stereocenters. The first-order chi connectivity index (χ1) is 6.24. The monoisotopic (exact) mass is 180 g/mol. The summed E-state index contributed by atoms with van der Waals surface area (Å²) in [4.78, 5) is 14.9. The standard InChI is InChI=1S/C9H12N2O2/c1-3-8(2)6-13-9(12)11-5-4-10-7-11/h3-5,7H,6H2,1-2H3/b8-3+. The predicted octanol–water partition coefficient (Wildman–Crippen LogP) is 1.83. The highest BCUT2D eigenvalue weighted by atomic mass is 16.5. The van der Waals surface area contributed by atoms with Crippen molar-refractivity contribution >= 4 is 6.09 Å². The molecule has 0 radical (unpaired) electrons. The molecule has 70 valence electrons. The molecule has 1 aromatic heterocycles. The molecule has 0 bridgehead atoms. The Labute approximate surface area is 76.8 Å². The molecule has 0 atom stereocenters. The Balaban J connectivity index is 2.44. The van der Waals surface area contributed by atoms with E-state index in [2.05, 4.69) is 4.98 Å². The molecule has 0 aliphatic carbocycles. The van der Waals surface area contributed by atoms with E-state index in [1.54, 1.807) is 6.20 Å².